The summed E-state index contributed by atoms with van der Waals surface area (Å²) in [6.45, 7) is 11.3. The van der Waals surface area contributed by atoms with E-state index in [9.17, 15) is 14.4 Å². The first-order valence-corrected chi connectivity index (χ1v) is 12.3. The zero-order valence-electron chi connectivity index (χ0n) is 20.3. The SMILES string of the molecule is C[C@@H]1[C@@H](C)C(C)(C)[C@@H](C)C[C@H]1NC(=O)Nc1cnn(CC(=O)NCc2ccncc2)c(=O)c1Br. The van der Waals surface area contributed by atoms with Crippen LogP contribution in [0.1, 0.15) is 46.6 Å². The lowest BCUT2D eigenvalue weighted by molar-refractivity contribution is -0.122. The molecule has 4 atom stereocenters. The van der Waals surface area contributed by atoms with Crippen LogP contribution in [0.2, 0.25) is 0 Å². The Morgan fingerprint density at radius 3 is 2.56 bits per heavy atom. The highest BCUT2D eigenvalue weighted by Crippen LogP contribution is 2.47. The normalized spacial score (nSPS) is 23.7. The maximum absolute atomic E-state index is 12.7. The van der Waals surface area contributed by atoms with E-state index in [1.807, 2.05) is 0 Å². The van der Waals surface area contributed by atoms with Gasteiger partial charge in [0.05, 0.1) is 11.9 Å². The smallest absolute Gasteiger partial charge is 0.319 e. The Morgan fingerprint density at radius 2 is 1.88 bits per heavy atom. The van der Waals surface area contributed by atoms with Gasteiger partial charge in [-0.15, -0.1) is 0 Å². The van der Waals surface area contributed by atoms with Gasteiger partial charge in [0.2, 0.25) is 5.91 Å². The third-order valence-corrected chi connectivity index (χ3v) is 8.32. The molecule has 0 radical (unpaired) electrons. The molecule has 0 unspecified atom stereocenters. The van der Waals surface area contributed by atoms with E-state index in [1.54, 1.807) is 24.5 Å². The van der Waals surface area contributed by atoms with Gasteiger partial charge in [-0.1, -0.05) is 34.6 Å². The van der Waals surface area contributed by atoms with Gasteiger partial charge in [0.15, 0.2) is 0 Å². The van der Waals surface area contributed by atoms with Crippen molar-refractivity contribution >= 4 is 33.6 Å². The number of carbonyl (C=O) groups excluding carboxylic acids is 2. The monoisotopic (exact) mass is 532 g/mol. The highest BCUT2D eigenvalue weighted by Gasteiger charge is 2.44. The fourth-order valence-corrected chi connectivity index (χ4v) is 4.86. The van der Waals surface area contributed by atoms with Crippen LogP contribution in [0.3, 0.4) is 0 Å². The molecular weight excluding hydrogens is 500 g/mol. The molecule has 2 aromatic heterocycles. The number of urea groups is 1. The Morgan fingerprint density at radius 1 is 1.21 bits per heavy atom. The number of aromatic nitrogens is 3. The van der Waals surface area contributed by atoms with E-state index in [-0.39, 0.29) is 40.1 Å². The van der Waals surface area contributed by atoms with E-state index in [0.29, 0.717) is 24.3 Å². The number of hydrogen-bond donors (Lipinski definition) is 3. The van der Waals surface area contributed by atoms with Gasteiger partial charge in [0.25, 0.3) is 5.56 Å². The molecule has 1 aliphatic rings. The molecule has 0 aliphatic heterocycles. The molecule has 10 heteroatoms. The van der Waals surface area contributed by atoms with Crippen LogP contribution in [0.5, 0.6) is 0 Å². The van der Waals surface area contributed by atoms with Crippen LogP contribution < -0.4 is 21.5 Å². The van der Waals surface area contributed by atoms with E-state index in [0.717, 1.165) is 16.7 Å². The average molecular weight is 533 g/mol. The summed E-state index contributed by atoms with van der Waals surface area (Å²) in [4.78, 5) is 41.5. The summed E-state index contributed by atoms with van der Waals surface area (Å²) in [6.07, 6.45) is 5.54. The predicted octanol–water partition coefficient (Wildman–Crippen LogP) is 3.55. The van der Waals surface area contributed by atoms with Crippen molar-refractivity contribution in [1.29, 1.82) is 0 Å². The van der Waals surface area contributed by atoms with Crippen molar-refractivity contribution in [3.05, 3.63) is 51.1 Å². The molecule has 3 N–H and O–H groups in total. The van der Waals surface area contributed by atoms with Crippen LogP contribution in [0.25, 0.3) is 0 Å². The lowest BCUT2D eigenvalue weighted by Gasteiger charge is -2.49. The number of amides is 3. The minimum absolute atomic E-state index is 0.0363. The van der Waals surface area contributed by atoms with Gasteiger partial charge in [0, 0.05) is 25.0 Å². The zero-order chi connectivity index (χ0) is 25.0. The van der Waals surface area contributed by atoms with Crippen molar-refractivity contribution in [3.63, 3.8) is 0 Å². The van der Waals surface area contributed by atoms with E-state index < -0.39 is 5.56 Å². The molecule has 0 saturated heterocycles. The topological polar surface area (TPSA) is 118 Å². The third-order valence-electron chi connectivity index (χ3n) is 7.56. The third kappa shape index (κ3) is 5.84. The molecule has 0 aromatic carbocycles. The molecule has 1 saturated carbocycles. The summed E-state index contributed by atoms with van der Waals surface area (Å²) >= 11 is 3.24. The van der Waals surface area contributed by atoms with Gasteiger partial charge >= 0.3 is 6.03 Å². The number of nitrogens with zero attached hydrogens (tertiary/aromatic N) is 3. The maximum atomic E-state index is 12.7. The summed E-state index contributed by atoms with van der Waals surface area (Å²) in [5.74, 6) is 0.876. The Kier molecular flexibility index (Phi) is 8.12. The Labute approximate surface area is 208 Å². The molecule has 1 aliphatic carbocycles. The molecule has 34 heavy (non-hydrogen) atoms. The Balaban J connectivity index is 1.59. The van der Waals surface area contributed by atoms with Crippen molar-refractivity contribution in [1.82, 2.24) is 25.4 Å². The largest absolute Gasteiger partial charge is 0.350 e. The molecular formula is C24H33BrN6O3. The van der Waals surface area contributed by atoms with Crippen molar-refractivity contribution in [3.8, 4) is 0 Å². The molecule has 2 aromatic rings. The molecule has 0 bridgehead atoms. The van der Waals surface area contributed by atoms with Gasteiger partial charge in [-0.2, -0.15) is 5.10 Å². The summed E-state index contributed by atoms with van der Waals surface area (Å²) < 4.78 is 1.18. The van der Waals surface area contributed by atoms with Crippen molar-refractivity contribution in [2.75, 3.05) is 5.32 Å². The number of anilines is 1. The lowest BCUT2D eigenvalue weighted by atomic mass is 9.58. The summed E-state index contributed by atoms with van der Waals surface area (Å²) in [5, 5.41) is 12.6. The van der Waals surface area contributed by atoms with Crippen LogP contribution >= 0.6 is 15.9 Å². The van der Waals surface area contributed by atoms with Gasteiger partial charge in [0.1, 0.15) is 11.0 Å². The quantitative estimate of drug-likeness (QED) is 0.525. The van der Waals surface area contributed by atoms with E-state index in [1.165, 1.54) is 6.20 Å². The average Bonchev–Trinajstić information content (AvgIpc) is 2.80. The van der Waals surface area contributed by atoms with Crippen molar-refractivity contribution in [2.24, 2.45) is 23.2 Å². The standard InChI is InChI=1S/C24H33BrN6O3/c1-14-10-18(15(2)16(3)24(14,4)5)29-23(34)30-19-12-28-31(22(33)21(19)25)13-20(32)27-11-17-6-8-26-9-7-17/h6-9,12,14-16,18H,10-11,13H2,1-5H3,(H,27,32)(H2,29,30,34)/t14-,15+,16+,18+/m0/s1. The van der Waals surface area contributed by atoms with E-state index in [2.05, 4.69) is 76.6 Å². The highest BCUT2D eigenvalue weighted by molar-refractivity contribution is 9.10. The minimum atomic E-state index is -0.508. The number of nitrogens with one attached hydrogen (secondary N) is 3. The first-order valence-electron chi connectivity index (χ1n) is 11.5. The second kappa shape index (κ2) is 10.7. The summed E-state index contributed by atoms with van der Waals surface area (Å²) in [5.41, 5.74) is 0.846. The molecule has 1 fully saturated rings. The number of rotatable bonds is 6. The molecule has 3 amide bonds. The molecule has 184 valence electrons. The summed E-state index contributed by atoms with van der Waals surface area (Å²) in [6, 6.07) is 3.24. The van der Waals surface area contributed by atoms with Crippen LogP contribution in [-0.4, -0.2) is 32.7 Å². The number of hydrogen-bond acceptors (Lipinski definition) is 5. The van der Waals surface area contributed by atoms with Gasteiger partial charge in [-0.05, 0) is 63.2 Å². The van der Waals surface area contributed by atoms with Gasteiger partial charge in [-0.3, -0.25) is 14.6 Å². The second-order valence-corrected chi connectivity index (χ2v) is 10.6. The van der Waals surface area contributed by atoms with E-state index >= 15 is 0 Å². The van der Waals surface area contributed by atoms with Crippen molar-refractivity contribution < 1.29 is 9.59 Å². The zero-order valence-corrected chi connectivity index (χ0v) is 21.8. The van der Waals surface area contributed by atoms with Gasteiger partial charge in [-0.25, -0.2) is 9.48 Å². The molecule has 9 nitrogen and oxygen atoms in total. The van der Waals surface area contributed by atoms with E-state index in [4.69, 9.17) is 0 Å². The molecule has 3 rings (SSSR count). The first kappa shape index (κ1) is 25.9. The Bertz CT molecular complexity index is 1090. The van der Waals surface area contributed by atoms with Crippen LogP contribution in [0, 0.1) is 23.2 Å². The maximum Gasteiger partial charge on any atom is 0.319 e. The van der Waals surface area contributed by atoms with Crippen LogP contribution in [0.4, 0.5) is 10.5 Å². The molecule has 2 heterocycles. The Hall–Kier alpha value is -2.75. The second-order valence-electron chi connectivity index (χ2n) is 9.78. The number of halogens is 1. The number of carbonyl (C=O) groups is 2. The number of pyridine rings is 1. The highest BCUT2D eigenvalue weighted by atomic mass is 79.9. The minimum Gasteiger partial charge on any atom is -0.350 e. The predicted molar refractivity (Wildman–Crippen MR) is 134 cm³/mol. The fraction of sp³-hybridized carbons (Fsp3) is 0.542. The van der Waals surface area contributed by atoms with Gasteiger partial charge < -0.3 is 16.0 Å². The van der Waals surface area contributed by atoms with Crippen molar-refractivity contribution in [2.45, 2.75) is 60.2 Å². The van der Waals surface area contributed by atoms with Crippen LogP contribution in [0.15, 0.2) is 40.0 Å². The molecule has 0 spiro atoms. The summed E-state index contributed by atoms with van der Waals surface area (Å²) in [7, 11) is 0. The fourth-order valence-electron chi connectivity index (χ4n) is 4.45. The first-order chi connectivity index (χ1) is 16.0. The van der Waals surface area contributed by atoms with Crippen LogP contribution in [-0.2, 0) is 17.9 Å². The lowest BCUT2D eigenvalue weighted by Crippen LogP contribution is -2.52.